The Bertz CT molecular complexity index is 761. The molecule has 16 heteroatoms. The Kier molecular flexibility index (Phi) is 12.3. The van der Waals surface area contributed by atoms with Crippen LogP contribution in [0.15, 0.2) is 0 Å². The molecule has 10 N–H and O–H groups in total. The van der Waals surface area contributed by atoms with Crippen molar-refractivity contribution in [3.05, 3.63) is 0 Å². The molecule has 0 aliphatic carbocycles. The van der Waals surface area contributed by atoms with Crippen LogP contribution in [-0.4, -0.2) is 86.8 Å². The SMILES string of the molecule is NC(=O)CC(NC(=O)C(CS)NC(=O)C(N)CCC(=O)O)C(=O)NC(CC(=O)O)C(=O)O. The van der Waals surface area contributed by atoms with Gasteiger partial charge in [0.25, 0.3) is 0 Å². The second-order valence-electron chi connectivity index (χ2n) is 6.51. The quantitative estimate of drug-likeness (QED) is 0.102. The molecule has 0 saturated carbocycles. The van der Waals surface area contributed by atoms with Crippen LogP contribution in [0.4, 0.5) is 0 Å². The van der Waals surface area contributed by atoms with Gasteiger partial charge in [0.2, 0.25) is 23.6 Å². The zero-order valence-corrected chi connectivity index (χ0v) is 17.5. The van der Waals surface area contributed by atoms with E-state index in [0.29, 0.717) is 0 Å². The number of amides is 4. The van der Waals surface area contributed by atoms with Crippen molar-refractivity contribution in [2.75, 3.05) is 5.75 Å². The zero-order chi connectivity index (χ0) is 25.0. The molecule has 4 atom stereocenters. The first-order valence-corrected chi connectivity index (χ1v) is 9.63. The van der Waals surface area contributed by atoms with Crippen molar-refractivity contribution in [2.24, 2.45) is 11.5 Å². The number of thiol groups is 1. The maximum atomic E-state index is 12.4. The molecular weight excluding hydrogens is 454 g/mol. The van der Waals surface area contributed by atoms with E-state index >= 15 is 0 Å². The molecule has 180 valence electrons. The third kappa shape index (κ3) is 11.1. The van der Waals surface area contributed by atoms with Crippen molar-refractivity contribution in [1.82, 2.24) is 16.0 Å². The highest BCUT2D eigenvalue weighted by atomic mass is 32.1. The summed E-state index contributed by atoms with van der Waals surface area (Å²) in [6.07, 6.45) is -2.34. The summed E-state index contributed by atoms with van der Waals surface area (Å²) < 4.78 is 0. The normalized spacial score (nSPS) is 14.2. The Morgan fingerprint density at radius 3 is 1.69 bits per heavy atom. The zero-order valence-electron chi connectivity index (χ0n) is 16.6. The Hall–Kier alpha value is -3.40. The molecule has 0 saturated heterocycles. The van der Waals surface area contributed by atoms with Gasteiger partial charge in [-0.1, -0.05) is 0 Å². The number of carboxylic acid groups (broad SMARTS) is 3. The molecular formula is C16H25N5O10S. The molecule has 0 aliphatic rings. The largest absolute Gasteiger partial charge is 0.481 e. The maximum Gasteiger partial charge on any atom is 0.326 e. The summed E-state index contributed by atoms with van der Waals surface area (Å²) in [4.78, 5) is 80.5. The van der Waals surface area contributed by atoms with Crippen LogP contribution in [0.2, 0.25) is 0 Å². The number of nitrogens with two attached hydrogens (primary N) is 2. The summed E-state index contributed by atoms with van der Waals surface area (Å²) in [6, 6.07) is -6.15. The summed E-state index contributed by atoms with van der Waals surface area (Å²) in [5, 5.41) is 32.5. The monoisotopic (exact) mass is 479 g/mol. The van der Waals surface area contributed by atoms with E-state index in [1.54, 1.807) is 0 Å². The topological polar surface area (TPSA) is 268 Å². The van der Waals surface area contributed by atoms with Crippen molar-refractivity contribution < 1.29 is 48.9 Å². The first-order chi connectivity index (χ1) is 14.8. The summed E-state index contributed by atoms with van der Waals surface area (Å²) in [5.74, 6) is -8.78. The number of primary amides is 1. The van der Waals surface area contributed by atoms with Gasteiger partial charge in [-0.15, -0.1) is 0 Å². The van der Waals surface area contributed by atoms with Gasteiger partial charge in [-0.05, 0) is 6.42 Å². The number of nitrogens with one attached hydrogen (secondary N) is 3. The van der Waals surface area contributed by atoms with Crippen molar-refractivity contribution >= 4 is 54.2 Å². The van der Waals surface area contributed by atoms with Gasteiger partial charge < -0.3 is 42.7 Å². The number of hydrogen-bond acceptors (Lipinski definition) is 9. The van der Waals surface area contributed by atoms with Crippen molar-refractivity contribution in [1.29, 1.82) is 0 Å². The molecule has 0 aromatic rings. The van der Waals surface area contributed by atoms with Crippen LogP contribution in [0.5, 0.6) is 0 Å². The van der Waals surface area contributed by atoms with E-state index in [4.69, 9.17) is 26.8 Å². The molecule has 0 rings (SSSR count). The third-order valence-electron chi connectivity index (χ3n) is 3.85. The molecule has 0 radical (unpaired) electrons. The predicted octanol–water partition coefficient (Wildman–Crippen LogP) is -4.00. The van der Waals surface area contributed by atoms with Gasteiger partial charge >= 0.3 is 17.9 Å². The molecule has 32 heavy (non-hydrogen) atoms. The molecule has 0 bridgehead atoms. The van der Waals surface area contributed by atoms with Crippen molar-refractivity contribution in [2.45, 2.75) is 49.9 Å². The van der Waals surface area contributed by atoms with Gasteiger partial charge in [0.15, 0.2) is 0 Å². The third-order valence-corrected chi connectivity index (χ3v) is 4.22. The summed E-state index contributed by atoms with van der Waals surface area (Å²) in [7, 11) is 0. The molecule has 0 heterocycles. The molecule has 4 unspecified atom stereocenters. The summed E-state index contributed by atoms with van der Waals surface area (Å²) >= 11 is 3.90. The lowest BCUT2D eigenvalue weighted by atomic mass is 10.1. The van der Waals surface area contributed by atoms with Gasteiger partial charge in [0, 0.05) is 12.2 Å². The van der Waals surface area contributed by atoms with Gasteiger partial charge in [0.05, 0.1) is 18.9 Å². The first-order valence-electron chi connectivity index (χ1n) is 9.00. The highest BCUT2D eigenvalue weighted by molar-refractivity contribution is 7.80. The molecule has 4 amide bonds. The van der Waals surface area contributed by atoms with E-state index in [2.05, 4.69) is 23.3 Å². The molecule has 0 fully saturated rings. The smallest absolute Gasteiger partial charge is 0.326 e. The molecule has 0 aromatic heterocycles. The van der Waals surface area contributed by atoms with E-state index in [0.717, 1.165) is 0 Å². The van der Waals surface area contributed by atoms with Gasteiger partial charge in [-0.3, -0.25) is 28.8 Å². The van der Waals surface area contributed by atoms with Crippen LogP contribution in [0.1, 0.15) is 25.7 Å². The van der Waals surface area contributed by atoms with E-state index in [9.17, 15) is 33.6 Å². The van der Waals surface area contributed by atoms with Crippen molar-refractivity contribution in [3.63, 3.8) is 0 Å². The van der Waals surface area contributed by atoms with Crippen LogP contribution >= 0.6 is 12.6 Å². The van der Waals surface area contributed by atoms with Gasteiger partial charge in [0.1, 0.15) is 18.1 Å². The highest BCUT2D eigenvalue weighted by Gasteiger charge is 2.31. The van der Waals surface area contributed by atoms with E-state index in [1.807, 2.05) is 5.32 Å². The summed E-state index contributed by atoms with van der Waals surface area (Å²) in [6.45, 7) is 0. The van der Waals surface area contributed by atoms with Gasteiger partial charge in [-0.25, -0.2) is 4.79 Å². The fourth-order valence-electron chi connectivity index (χ4n) is 2.21. The molecule has 0 spiro atoms. The van der Waals surface area contributed by atoms with E-state index < -0.39 is 85.0 Å². The summed E-state index contributed by atoms with van der Waals surface area (Å²) in [5.41, 5.74) is 10.6. The number of carbonyl (C=O) groups excluding carboxylic acids is 4. The average molecular weight is 479 g/mol. The molecule has 0 aliphatic heterocycles. The van der Waals surface area contributed by atoms with E-state index in [-0.39, 0.29) is 12.2 Å². The van der Waals surface area contributed by atoms with Gasteiger partial charge in [-0.2, -0.15) is 12.6 Å². The lowest BCUT2D eigenvalue weighted by molar-refractivity contribution is -0.147. The van der Waals surface area contributed by atoms with Crippen LogP contribution in [0.25, 0.3) is 0 Å². The minimum absolute atomic E-state index is 0.213. The van der Waals surface area contributed by atoms with Crippen LogP contribution in [-0.2, 0) is 33.6 Å². The minimum Gasteiger partial charge on any atom is -0.481 e. The fraction of sp³-hybridized carbons (Fsp3) is 0.562. The first kappa shape index (κ1) is 28.6. The fourth-order valence-corrected chi connectivity index (χ4v) is 2.47. The Morgan fingerprint density at radius 2 is 1.25 bits per heavy atom. The number of carboxylic acids is 3. The Labute approximate surface area is 186 Å². The van der Waals surface area contributed by atoms with E-state index in [1.165, 1.54) is 0 Å². The average Bonchev–Trinajstić information content (AvgIpc) is 2.67. The molecule has 0 aromatic carbocycles. The Morgan fingerprint density at radius 1 is 0.750 bits per heavy atom. The Balaban J connectivity index is 5.27. The van der Waals surface area contributed by atoms with Crippen LogP contribution < -0.4 is 27.4 Å². The van der Waals surface area contributed by atoms with Crippen LogP contribution in [0, 0.1) is 0 Å². The number of aliphatic carboxylic acids is 3. The standard InChI is InChI=1S/C16H25N5O10S/c17-6(1-2-11(23)24)13(27)21-9(5-32)15(29)19-7(3-10(18)22)14(28)20-8(16(30)31)4-12(25)26/h6-9,32H,1-5,17H2,(H2,18,22)(H,19,29)(H,20,28)(H,21,27)(H,23,24)(H,25,26)(H,30,31). The second kappa shape index (κ2) is 13.8. The lowest BCUT2D eigenvalue weighted by Gasteiger charge is -2.23. The van der Waals surface area contributed by atoms with Crippen molar-refractivity contribution in [3.8, 4) is 0 Å². The number of hydrogen-bond donors (Lipinski definition) is 9. The minimum atomic E-state index is -1.85. The predicted molar refractivity (Wildman–Crippen MR) is 108 cm³/mol. The number of rotatable bonds is 15. The lowest BCUT2D eigenvalue weighted by Crippen LogP contribution is -2.58. The second-order valence-corrected chi connectivity index (χ2v) is 6.88. The maximum absolute atomic E-state index is 12.4. The van der Waals surface area contributed by atoms with Crippen LogP contribution in [0.3, 0.4) is 0 Å². The molecule has 15 nitrogen and oxygen atoms in total. The highest BCUT2D eigenvalue weighted by Crippen LogP contribution is 2.01. The number of carbonyl (C=O) groups is 7.